The fraction of sp³-hybridized carbons (Fsp3) is 0.345. The number of hydrogen-bond acceptors (Lipinski definition) is 8. The Morgan fingerprint density at radius 3 is 2.30 bits per heavy atom. The van der Waals surface area contributed by atoms with E-state index in [1.165, 1.54) is 27.8 Å². The minimum absolute atomic E-state index is 0.165. The molecule has 210 valence electrons. The van der Waals surface area contributed by atoms with Gasteiger partial charge in [-0.05, 0) is 47.7 Å². The van der Waals surface area contributed by atoms with Crippen LogP contribution in [0.15, 0.2) is 65.8 Å². The Labute approximate surface area is 238 Å². The smallest absolute Gasteiger partial charge is 0.260 e. The third-order valence-corrected chi connectivity index (χ3v) is 9.17. The summed E-state index contributed by atoms with van der Waals surface area (Å²) in [6, 6.07) is 13.5. The number of rotatable bonds is 10. The predicted octanol–water partition coefficient (Wildman–Crippen LogP) is 5.57. The molecule has 1 aliphatic heterocycles. The molecule has 1 amide bonds. The molecule has 0 bridgehead atoms. The molecular weight excluding hydrogens is 548 g/mol. The Morgan fingerprint density at radius 1 is 1.00 bits per heavy atom. The van der Waals surface area contributed by atoms with Gasteiger partial charge in [0.05, 0.1) is 21.7 Å². The van der Waals surface area contributed by atoms with E-state index in [2.05, 4.69) is 4.98 Å². The molecule has 2 aromatic carbocycles. The first-order valence-corrected chi connectivity index (χ1v) is 15.4. The van der Waals surface area contributed by atoms with E-state index in [0.29, 0.717) is 40.8 Å². The average Bonchev–Trinajstić information content (AvgIpc) is 3.55. The van der Waals surface area contributed by atoms with E-state index < -0.39 is 10.0 Å². The Morgan fingerprint density at radius 2 is 1.68 bits per heavy atom. The zero-order chi connectivity index (χ0) is 28.4. The van der Waals surface area contributed by atoms with Crippen LogP contribution in [-0.4, -0.2) is 48.5 Å². The lowest BCUT2D eigenvalue weighted by Crippen LogP contribution is -2.37. The van der Waals surface area contributed by atoms with Crippen molar-refractivity contribution >= 4 is 42.6 Å². The van der Waals surface area contributed by atoms with Crippen molar-refractivity contribution in [1.82, 2.24) is 14.3 Å². The normalized spacial score (nSPS) is 13.1. The Hall–Kier alpha value is -3.54. The number of benzene rings is 2. The maximum Gasteiger partial charge on any atom is 0.260 e. The fourth-order valence-corrected chi connectivity index (χ4v) is 7.22. The lowest BCUT2D eigenvalue weighted by atomic mass is 10.2. The van der Waals surface area contributed by atoms with Crippen molar-refractivity contribution < 1.29 is 22.7 Å². The molecule has 0 N–H and O–H groups in total. The molecule has 11 heteroatoms. The fourth-order valence-electron chi connectivity index (χ4n) is 4.48. The third kappa shape index (κ3) is 5.96. The highest BCUT2D eigenvalue weighted by Crippen LogP contribution is 2.40. The highest BCUT2D eigenvalue weighted by molar-refractivity contribution is 7.89. The number of anilines is 1. The second-order valence-electron chi connectivity index (χ2n) is 10.6. The Bertz CT molecular complexity index is 1550. The van der Waals surface area contributed by atoms with E-state index in [9.17, 15) is 13.2 Å². The number of carbonyl (C=O) groups is 1. The zero-order valence-electron chi connectivity index (χ0n) is 22.9. The number of aromatic nitrogens is 2. The van der Waals surface area contributed by atoms with Crippen molar-refractivity contribution in [3.63, 3.8) is 0 Å². The molecule has 3 heterocycles. The quantitative estimate of drug-likeness (QED) is 0.242. The van der Waals surface area contributed by atoms with Crippen LogP contribution < -0.4 is 14.4 Å². The van der Waals surface area contributed by atoms with Crippen molar-refractivity contribution in [2.75, 3.05) is 24.8 Å². The van der Waals surface area contributed by atoms with Gasteiger partial charge in [-0.1, -0.05) is 45.1 Å². The minimum atomic E-state index is -3.71. The SMILES string of the molecule is CC(C)CN(CC(C)C)S(=O)(=O)c1ccc(C(=O)N(Cc2cccnc2)c2nc3cc4c(cc3s2)OCO4)cc1. The minimum Gasteiger partial charge on any atom is -0.454 e. The van der Waals surface area contributed by atoms with Crippen molar-refractivity contribution in [2.45, 2.75) is 39.1 Å². The molecule has 0 saturated carbocycles. The summed E-state index contributed by atoms with van der Waals surface area (Å²) < 4.78 is 40.3. The number of carbonyl (C=O) groups excluding carboxylic acids is 1. The van der Waals surface area contributed by atoms with Gasteiger partial charge in [-0.15, -0.1) is 0 Å². The molecule has 0 spiro atoms. The van der Waals surface area contributed by atoms with Crippen LogP contribution in [0.25, 0.3) is 10.2 Å². The molecule has 0 saturated heterocycles. The third-order valence-electron chi connectivity index (χ3n) is 6.29. The average molecular weight is 581 g/mol. The summed E-state index contributed by atoms with van der Waals surface area (Å²) in [5.41, 5.74) is 1.89. The van der Waals surface area contributed by atoms with Gasteiger partial charge in [-0.3, -0.25) is 14.7 Å². The Kier molecular flexibility index (Phi) is 8.07. The summed E-state index contributed by atoms with van der Waals surface area (Å²) in [5, 5.41) is 0.504. The highest BCUT2D eigenvalue weighted by atomic mass is 32.2. The summed E-state index contributed by atoms with van der Waals surface area (Å²) in [5.74, 6) is 1.34. The maximum atomic E-state index is 13.9. The molecule has 0 fully saturated rings. The molecule has 0 atom stereocenters. The molecular formula is C29H32N4O5S2. The highest BCUT2D eigenvalue weighted by Gasteiger charge is 2.28. The van der Waals surface area contributed by atoms with Gasteiger partial charge in [0.15, 0.2) is 16.6 Å². The number of amides is 1. The van der Waals surface area contributed by atoms with E-state index >= 15 is 0 Å². The van der Waals surface area contributed by atoms with Gasteiger partial charge in [-0.2, -0.15) is 4.31 Å². The lowest BCUT2D eigenvalue weighted by molar-refractivity contribution is 0.0985. The van der Waals surface area contributed by atoms with Crippen LogP contribution >= 0.6 is 11.3 Å². The molecule has 9 nitrogen and oxygen atoms in total. The van der Waals surface area contributed by atoms with E-state index in [0.717, 1.165) is 10.3 Å². The van der Waals surface area contributed by atoms with Gasteiger partial charge in [0.1, 0.15) is 0 Å². The van der Waals surface area contributed by atoms with Crippen molar-refractivity contribution in [1.29, 1.82) is 0 Å². The number of hydrogen-bond donors (Lipinski definition) is 0. The summed E-state index contributed by atoms with van der Waals surface area (Å²) in [4.78, 5) is 24.5. The van der Waals surface area contributed by atoms with Crippen LogP contribution in [0.2, 0.25) is 0 Å². The van der Waals surface area contributed by atoms with Crippen LogP contribution in [0.4, 0.5) is 5.13 Å². The molecule has 5 rings (SSSR count). The molecule has 2 aromatic heterocycles. The summed E-state index contributed by atoms with van der Waals surface area (Å²) in [6.45, 7) is 9.26. The number of nitrogens with zero attached hydrogens (tertiary/aromatic N) is 4. The van der Waals surface area contributed by atoms with Gasteiger partial charge >= 0.3 is 0 Å². The van der Waals surface area contributed by atoms with E-state index in [-0.39, 0.29) is 36.0 Å². The van der Waals surface area contributed by atoms with Crippen LogP contribution in [-0.2, 0) is 16.6 Å². The van der Waals surface area contributed by atoms with Crippen molar-refractivity contribution in [3.8, 4) is 11.5 Å². The summed E-state index contributed by atoms with van der Waals surface area (Å²) in [7, 11) is -3.71. The second-order valence-corrected chi connectivity index (χ2v) is 13.5. The number of pyridine rings is 1. The first-order chi connectivity index (χ1) is 19.1. The van der Waals surface area contributed by atoms with E-state index in [4.69, 9.17) is 14.5 Å². The monoisotopic (exact) mass is 580 g/mol. The van der Waals surface area contributed by atoms with Crippen molar-refractivity contribution in [2.24, 2.45) is 11.8 Å². The summed E-state index contributed by atoms with van der Waals surface area (Å²) in [6.07, 6.45) is 3.38. The first-order valence-electron chi connectivity index (χ1n) is 13.1. The molecule has 4 aromatic rings. The second kappa shape index (κ2) is 11.5. The number of ether oxygens (including phenoxy) is 2. The standard InChI is InChI=1S/C29H32N4O5S2/c1-19(2)15-32(16-20(3)4)40(35,36)23-9-7-22(8-10-23)28(34)33(17-21-6-5-11-30-14-21)29-31-24-12-25-26(38-18-37-25)13-27(24)39-29/h5-14,19-20H,15-18H2,1-4H3. The van der Waals surface area contributed by atoms with Gasteiger partial charge in [0, 0.05) is 43.2 Å². The van der Waals surface area contributed by atoms with Crippen molar-refractivity contribution in [3.05, 3.63) is 72.1 Å². The number of fused-ring (bicyclic) bond motifs is 2. The maximum absolute atomic E-state index is 13.9. The largest absolute Gasteiger partial charge is 0.454 e. The van der Waals surface area contributed by atoms with Crippen LogP contribution in [0.5, 0.6) is 11.5 Å². The predicted molar refractivity (Wildman–Crippen MR) is 155 cm³/mol. The number of thiazole rings is 1. The molecule has 0 radical (unpaired) electrons. The zero-order valence-corrected chi connectivity index (χ0v) is 24.5. The lowest BCUT2D eigenvalue weighted by Gasteiger charge is -2.26. The van der Waals surface area contributed by atoms with Gasteiger partial charge in [-0.25, -0.2) is 13.4 Å². The van der Waals surface area contributed by atoms with E-state index in [1.54, 1.807) is 29.4 Å². The molecule has 0 unspecified atom stereocenters. The van der Waals surface area contributed by atoms with E-state index in [1.807, 2.05) is 52.0 Å². The molecule has 0 aliphatic carbocycles. The van der Waals surface area contributed by atoms with Gasteiger partial charge < -0.3 is 9.47 Å². The topological polar surface area (TPSA) is 102 Å². The molecule has 1 aliphatic rings. The van der Waals surface area contributed by atoms with Crippen LogP contribution in [0.1, 0.15) is 43.6 Å². The summed E-state index contributed by atoms with van der Waals surface area (Å²) >= 11 is 1.37. The van der Waals surface area contributed by atoms with Crippen LogP contribution in [0, 0.1) is 11.8 Å². The first kappa shape index (κ1) is 28.0. The molecule has 40 heavy (non-hydrogen) atoms. The van der Waals surface area contributed by atoms with Gasteiger partial charge in [0.25, 0.3) is 5.91 Å². The van der Waals surface area contributed by atoms with Gasteiger partial charge in [0.2, 0.25) is 16.8 Å². The Balaban J connectivity index is 1.47. The number of sulfonamides is 1. The van der Waals surface area contributed by atoms with Crippen LogP contribution in [0.3, 0.4) is 0 Å².